The van der Waals surface area contributed by atoms with Gasteiger partial charge < -0.3 is 8.83 Å². The summed E-state index contributed by atoms with van der Waals surface area (Å²) in [6.45, 7) is 0. The van der Waals surface area contributed by atoms with Crippen molar-refractivity contribution in [3.63, 3.8) is 0 Å². The SMILES string of the molecule is c1ccc(-c2ccc(-c3nc(-c4ccc5c(c4)oc4c(-c6ccc7c(c6)oc6ccccc67)cccc45)nc(-n4c5ccccc5c5ccccc54)n3)cc2)cc1. The predicted octanol–water partition coefficient (Wildman–Crippen LogP) is 13.4. The van der Waals surface area contributed by atoms with Gasteiger partial charge in [-0.3, -0.25) is 4.57 Å². The van der Waals surface area contributed by atoms with E-state index < -0.39 is 0 Å². The maximum atomic E-state index is 6.75. The number of hydrogen-bond acceptors (Lipinski definition) is 5. The summed E-state index contributed by atoms with van der Waals surface area (Å²) in [6.07, 6.45) is 0. The molecule has 6 nitrogen and oxygen atoms in total. The van der Waals surface area contributed by atoms with E-state index in [1.165, 1.54) is 0 Å². The first kappa shape index (κ1) is 31.5. The van der Waals surface area contributed by atoms with Crippen molar-refractivity contribution in [1.82, 2.24) is 19.5 Å². The summed E-state index contributed by atoms with van der Waals surface area (Å²) in [5.41, 5.74) is 11.4. The molecular formula is C51H30N4O2. The Labute approximate surface area is 325 Å². The molecule has 57 heavy (non-hydrogen) atoms. The smallest absolute Gasteiger partial charge is 0.238 e. The molecular weight excluding hydrogens is 701 g/mol. The molecule has 0 radical (unpaired) electrons. The molecule has 0 saturated carbocycles. The molecule has 12 aromatic rings. The van der Waals surface area contributed by atoms with Crippen LogP contribution in [0.15, 0.2) is 191 Å². The number of benzene rings is 8. The Balaban J connectivity index is 1.02. The molecule has 0 aliphatic heterocycles. The minimum absolute atomic E-state index is 0.549. The van der Waals surface area contributed by atoms with E-state index >= 15 is 0 Å². The highest BCUT2D eigenvalue weighted by Gasteiger charge is 2.20. The Hall–Kier alpha value is -7.83. The highest BCUT2D eigenvalue weighted by molar-refractivity contribution is 6.12. The first-order valence-corrected chi connectivity index (χ1v) is 19.0. The number of aromatic nitrogens is 4. The van der Waals surface area contributed by atoms with E-state index in [1.54, 1.807) is 0 Å². The van der Waals surface area contributed by atoms with E-state index in [0.29, 0.717) is 17.6 Å². The topological polar surface area (TPSA) is 69.9 Å². The van der Waals surface area contributed by atoms with Gasteiger partial charge in [0.1, 0.15) is 22.3 Å². The highest BCUT2D eigenvalue weighted by Crippen LogP contribution is 2.40. The number of fused-ring (bicyclic) bond motifs is 9. The van der Waals surface area contributed by atoms with Crippen LogP contribution in [0, 0.1) is 0 Å². The highest BCUT2D eigenvalue weighted by atomic mass is 16.3. The van der Waals surface area contributed by atoms with Crippen LogP contribution in [-0.4, -0.2) is 19.5 Å². The third-order valence-corrected chi connectivity index (χ3v) is 11.1. The van der Waals surface area contributed by atoms with Crippen molar-refractivity contribution >= 4 is 65.7 Å². The Morgan fingerprint density at radius 1 is 0.333 bits per heavy atom. The zero-order valence-corrected chi connectivity index (χ0v) is 30.4. The predicted molar refractivity (Wildman–Crippen MR) is 230 cm³/mol. The van der Waals surface area contributed by atoms with Gasteiger partial charge in [0.25, 0.3) is 0 Å². The van der Waals surface area contributed by atoms with Crippen LogP contribution in [0.25, 0.3) is 117 Å². The van der Waals surface area contributed by atoms with E-state index in [4.69, 9.17) is 23.8 Å². The maximum absolute atomic E-state index is 6.75. The maximum Gasteiger partial charge on any atom is 0.238 e. The summed E-state index contributed by atoms with van der Waals surface area (Å²) >= 11 is 0. The third kappa shape index (κ3) is 5.01. The number of hydrogen-bond donors (Lipinski definition) is 0. The normalized spacial score (nSPS) is 11.9. The average Bonchev–Trinajstić information content (AvgIpc) is 3.95. The van der Waals surface area contributed by atoms with Crippen molar-refractivity contribution in [1.29, 1.82) is 0 Å². The molecule has 8 aromatic carbocycles. The van der Waals surface area contributed by atoms with E-state index in [2.05, 4.69) is 162 Å². The fourth-order valence-electron chi connectivity index (χ4n) is 8.36. The molecule has 0 aliphatic rings. The van der Waals surface area contributed by atoms with Crippen LogP contribution in [0.1, 0.15) is 0 Å². The first-order valence-electron chi connectivity index (χ1n) is 19.0. The summed E-state index contributed by atoms with van der Waals surface area (Å²) in [6, 6.07) is 62.7. The molecule has 4 aromatic heterocycles. The fourth-order valence-corrected chi connectivity index (χ4v) is 8.36. The summed E-state index contributed by atoms with van der Waals surface area (Å²) < 4.78 is 15.1. The molecule has 0 fully saturated rings. The Morgan fingerprint density at radius 3 is 1.63 bits per heavy atom. The fraction of sp³-hybridized carbons (Fsp3) is 0. The third-order valence-electron chi connectivity index (χ3n) is 11.1. The molecule has 12 rings (SSSR count). The zero-order valence-electron chi connectivity index (χ0n) is 30.4. The lowest BCUT2D eigenvalue weighted by molar-refractivity contribution is 0.668. The lowest BCUT2D eigenvalue weighted by Gasteiger charge is -2.11. The van der Waals surface area contributed by atoms with Crippen molar-refractivity contribution in [3.8, 4) is 51.0 Å². The van der Waals surface area contributed by atoms with Gasteiger partial charge in [0.15, 0.2) is 11.6 Å². The average molecular weight is 731 g/mol. The van der Waals surface area contributed by atoms with Gasteiger partial charge in [-0.25, -0.2) is 4.98 Å². The molecule has 0 unspecified atom stereocenters. The second kappa shape index (κ2) is 12.3. The molecule has 0 saturated heterocycles. The summed E-state index contributed by atoms with van der Waals surface area (Å²) in [5.74, 6) is 1.69. The molecule has 0 aliphatic carbocycles. The molecule has 0 atom stereocenters. The Bertz CT molecular complexity index is 3470. The molecule has 4 heterocycles. The van der Waals surface area contributed by atoms with E-state index in [0.717, 1.165) is 99.1 Å². The summed E-state index contributed by atoms with van der Waals surface area (Å²) in [4.78, 5) is 15.5. The van der Waals surface area contributed by atoms with Crippen molar-refractivity contribution in [2.45, 2.75) is 0 Å². The summed E-state index contributed by atoms with van der Waals surface area (Å²) in [7, 11) is 0. The van der Waals surface area contributed by atoms with Crippen LogP contribution in [0.5, 0.6) is 0 Å². The van der Waals surface area contributed by atoms with Crippen molar-refractivity contribution < 1.29 is 8.83 Å². The number of rotatable bonds is 5. The minimum atomic E-state index is 0.549. The first-order chi connectivity index (χ1) is 28.2. The number of para-hydroxylation sites is 4. The van der Waals surface area contributed by atoms with Crippen LogP contribution < -0.4 is 0 Å². The van der Waals surface area contributed by atoms with Gasteiger partial charge in [-0.1, -0.05) is 140 Å². The monoisotopic (exact) mass is 730 g/mol. The van der Waals surface area contributed by atoms with Gasteiger partial charge in [0.05, 0.1) is 11.0 Å². The van der Waals surface area contributed by atoms with Gasteiger partial charge >= 0.3 is 0 Å². The van der Waals surface area contributed by atoms with Crippen LogP contribution >= 0.6 is 0 Å². The van der Waals surface area contributed by atoms with E-state index in [9.17, 15) is 0 Å². The lowest BCUT2D eigenvalue weighted by atomic mass is 10.0. The number of furan rings is 2. The summed E-state index contributed by atoms with van der Waals surface area (Å²) in [5, 5.41) is 6.56. The van der Waals surface area contributed by atoms with E-state index in [-0.39, 0.29) is 0 Å². The molecule has 0 N–H and O–H groups in total. The van der Waals surface area contributed by atoms with Gasteiger partial charge in [-0.15, -0.1) is 0 Å². The van der Waals surface area contributed by atoms with Crippen LogP contribution in [-0.2, 0) is 0 Å². The van der Waals surface area contributed by atoms with Crippen molar-refractivity contribution in [3.05, 3.63) is 182 Å². The van der Waals surface area contributed by atoms with Crippen molar-refractivity contribution in [2.75, 3.05) is 0 Å². The van der Waals surface area contributed by atoms with Crippen LogP contribution in [0.4, 0.5) is 0 Å². The minimum Gasteiger partial charge on any atom is -0.456 e. The Morgan fingerprint density at radius 2 is 0.860 bits per heavy atom. The van der Waals surface area contributed by atoms with E-state index in [1.807, 2.05) is 24.3 Å². The molecule has 0 amide bonds. The molecule has 0 bridgehead atoms. The second-order valence-electron chi connectivity index (χ2n) is 14.4. The standard InChI is InChI=1S/C51H30N4O2/c1-2-11-31(12-3-1)32-21-23-33(24-22-32)49-52-50(54-51(53-49)55-43-18-7-4-13-37(43)38-14-5-8-19-44(38)55)35-26-28-41-42-17-10-16-36(48(42)57-47(41)30-35)34-25-27-40-39-15-6-9-20-45(39)56-46(40)29-34/h1-30H. The number of nitrogens with zero attached hydrogens (tertiary/aromatic N) is 4. The quantitative estimate of drug-likeness (QED) is 0.176. The van der Waals surface area contributed by atoms with Crippen LogP contribution in [0.3, 0.4) is 0 Å². The largest absolute Gasteiger partial charge is 0.456 e. The second-order valence-corrected chi connectivity index (χ2v) is 14.4. The Kier molecular flexibility index (Phi) is 6.83. The molecule has 266 valence electrons. The van der Waals surface area contributed by atoms with Gasteiger partial charge in [0.2, 0.25) is 5.95 Å². The molecule has 0 spiro atoms. The van der Waals surface area contributed by atoms with Crippen molar-refractivity contribution in [2.24, 2.45) is 0 Å². The molecule has 6 heteroatoms. The van der Waals surface area contributed by atoms with Gasteiger partial charge in [-0.05, 0) is 59.2 Å². The van der Waals surface area contributed by atoms with Crippen LogP contribution in [0.2, 0.25) is 0 Å². The lowest BCUT2D eigenvalue weighted by Crippen LogP contribution is -2.06. The van der Waals surface area contributed by atoms with Gasteiger partial charge in [0, 0.05) is 49.0 Å². The van der Waals surface area contributed by atoms with Gasteiger partial charge in [-0.2, -0.15) is 9.97 Å². The zero-order chi connectivity index (χ0) is 37.5.